The van der Waals surface area contributed by atoms with Gasteiger partial charge in [-0.1, -0.05) is 22.0 Å². The number of benzene rings is 2. The Balaban J connectivity index is 1.54. The number of nitrogens with two attached hydrogens (primary N) is 1. The number of anilines is 2. The molecule has 4 rings (SSSR count). The van der Waals surface area contributed by atoms with Gasteiger partial charge in [0.2, 0.25) is 5.88 Å². The summed E-state index contributed by atoms with van der Waals surface area (Å²) in [5.74, 6) is -0.224. The van der Waals surface area contributed by atoms with Gasteiger partial charge in [0.25, 0.3) is 5.91 Å². The molecule has 4 aromatic rings. The molecule has 0 aliphatic rings. The molecule has 4 N–H and O–H groups in total. The summed E-state index contributed by atoms with van der Waals surface area (Å²) in [5, 5.41) is 0.868. The van der Waals surface area contributed by atoms with Gasteiger partial charge >= 0.3 is 0 Å². The molecule has 0 saturated carbocycles. The van der Waals surface area contributed by atoms with Crippen LogP contribution in [0.3, 0.4) is 0 Å². The highest BCUT2D eigenvalue weighted by Gasteiger charge is 2.14. The van der Waals surface area contributed by atoms with Crippen molar-refractivity contribution in [2.24, 2.45) is 0 Å². The highest BCUT2D eigenvalue weighted by atomic mass is 79.9. The first-order valence-electron chi connectivity index (χ1n) is 8.66. The minimum absolute atomic E-state index is 0.0869. The third kappa shape index (κ3) is 3.98. The van der Waals surface area contributed by atoms with Gasteiger partial charge in [-0.15, -0.1) is 0 Å². The van der Waals surface area contributed by atoms with E-state index < -0.39 is 11.7 Å². The number of nitrogens with zero attached hydrogens (tertiary/aromatic N) is 3. The van der Waals surface area contributed by atoms with E-state index in [1.807, 2.05) is 18.2 Å². The second-order valence-corrected chi connectivity index (χ2v) is 6.93. The fraction of sp³-hybridized carbons (Fsp3) is 0. The summed E-state index contributed by atoms with van der Waals surface area (Å²) in [6, 6.07) is 12.4. The number of carbonyl (C=O) groups excluding carboxylic acids is 1. The average Bonchev–Trinajstić information content (AvgIpc) is 2.76. The molecule has 0 bridgehead atoms. The molecule has 0 unspecified atom stereocenters. The third-order valence-electron chi connectivity index (χ3n) is 4.13. The molecule has 0 aliphatic heterocycles. The molecule has 0 radical (unpaired) electrons. The van der Waals surface area contributed by atoms with Gasteiger partial charge in [-0.25, -0.2) is 9.37 Å². The van der Waals surface area contributed by atoms with Gasteiger partial charge in [0, 0.05) is 21.6 Å². The minimum atomic E-state index is -0.487. The van der Waals surface area contributed by atoms with E-state index in [0.717, 1.165) is 9.86 Å². The number of fused-ring (bicyclic) bond motifs is 1. The van der Waals surface area contributed by atoms with Crippen molar-refractivity contribution in [2.45, 2.75) is 0 Å². The molecular formula is C20H14BrFN6O2. The Morgan fingerprint density at radius 3 is 2.67 bits per heavy atom. The molecule has 2 aromatic heterocycles. The lowest BCUT2D eigenvalue weighted by Crippen LogP contribution is -2.30. The van der Waals surface area contributed by atoms with E-state index in [9.17, 15) is 9.18 Å². The SMILES string of the molecule is Nc1c(NNC(=O)c2ccc(F)cc2)ncnc1Oc1ccc(Br)c2cccnc12. The molecule has 10 heteroatoms. The van der Waals surface area contributed by atoms with E-state index >= 15 is 0 Å². The Hall–Kier alpha value is -3.79. The molecule has 0 fully saturated rings. The molecule has 2 heterocycles. The van der Waals surface area contributed by atoms with Crippen LogP contribution in [0.15, 0.2) is 65.5 Å². The van der Waals surface area contributed by atoms with Crippen LogP contribution >= 0.6 is 15.9 Å². The fourth-order valence-corrected chi connectivity index (χ4v) is 3.10. The van der Waals surface area contributed by atoms with Crippen LogP contribution in [-0.4, -0.2) is 20.9 Å². The Labute approximate surface area is 178 Å². The molecule has 0 saturated heterocycles. The second kappa shape index (κ2) is 8.29. The molecular weight excluding hydrogens is 455 g/mol. The van der Waals surface area contributed by atoms with Crippen molar-refractivity contribution in [3.63, 3.8) is 0 Å². The fourth-order valence-electron chi connectivity index (χ4n) is 2.65. The van der Waals surface area contributed by atoms with E-state index in [1.165, 1.54) is 30.6 Å². The number of hydrogen-bond donors (Lipinski definition) is 3. The van der Waals surface area contributed by atoms with Crippen LogP contribution in [0.25, 0.3) is 10.9 Å². The zero-order chi connectivity index (χ0) is 21.1. The monoisotopic (exact) mass is 468 g/mol. The lowest BCUT2D eigenvalue weighted by molar-refractivity contribution is 0.0962. The van der Waals surface area contributed by atoms with Crippen LogP contribution in [0.5, 0.6) is 11.6 Å². The summed E-state index contributed by atoms with van der Waals surface area (Å²) in [7, 11) is 0. The van der Waals surface area contributed by atoms with Crippen molar-refractivity contribution in [3.8, 4) is 11.6 Å². The van der Waals surface area contributed by atoms with Gasteiger partial charge in [-0.3, -0.25) is 20.6 Å². The Morgan fingerprint density at radius 1 is 1.07 bits per heavy atom. The standard InChI is InChI=1S/C20H14BrFN6O2/c21-14-7-8-15(17-13(14)2-1-9-24-17)30-20-16(23)18(25-10-26-20)27-28-19(29)11-3-5-12(22)6-4-11/h1-10H,23H2,(H,28,29)(H,25,26,27). The predicted molar refractivity (Wildman–Crippen MR) is 113 cm³/mol. The number of hydrazine groups is 1. The van der Waals surface area contributed by atoms with Crippen LogP contribution in [0.4, 0.5) is 15.9 Å². The largest absolute Gasteiger partial charge is 0.435 e. The predicted octanol–water partition coefficient (Wildman–Crippen LogP) is 4.06. The normalized spacial score (nSPS) is 10.6. The first kappa shape index (κ1) is 19.5. The third-order valence-corrected chi connectivity index (χ3v) is 4.83. The van der Waals surface area contributed by atoms with E-state index in [-0.39, 0.29) is 22.9 Å². The Kier molecular flexibility index (Phi) is 5.40. The molecule has 2 aromatic carbocycles. The zero-order valence-corrected chi connectivity index (χ0v) is 16.9. The number of ether oxygens (including phenoxy) is 1. The Morgan fingerprint density at radius 2 is 1.87 bits per heavy atom. The number of rotatable bonds is 5. The number of amides is 1. The number of carbonyl (C=O) groups is 1. The van der Waals surface area contributed by atoms with Crippen LogP contribution < -0.4 is 21.3 Å². The van der Waals surface area contributed by atoms with Crippen molar-refractivity contribution in [3.05, 3.63) is 76.9 Å². The topological polar surface area (TPSA) is 115 Å². The molecule has 1 amide bonds. The first-order valence-corrected chi connectivity index (χ1v) is 9.45. The Bertz CT molecular complexity index is 1240. The maximum absolute atomic E-state index is 13.0. The van der Waals surface area contributed by atoms with Gasteiger partial charge in [0.15, 0.2) is 11.6 Å². The van der Waals surface area contributed by atoms with Crippen LogP contribution in [-0.2, 0) is 0 Å². The quantitative estimate of drug-likeness (QED) is 0.378. The highest BCUT2D eigenvalue weighted by Crippen LogP contribution is 2.35. The van der Waals surface area contributed by atoms with E-state index in [4.69, 9.17) is 10.5 Å². The van der Waals surface area contributed by atoms with Gasteiger partial charge in [-0.05, 0) is 42.5 Å². The zero-order valence-electron chi connectivity index (χ0n) is 15.3. The maximum Gasteiger partial charge on any atom is 0.269 e. The van der Waals surface area contributed by atoms with Gasteiger partial charge in [0.05, 0.1) is 0 Å². The van der Waals surface area contributed by atoms with Crippen molar-refractivity contribution in [1.29, 1.82) is 0 Å². The maximum atomic E-state index is 13.0. The average molecular weight is 469 g/mol. The van der Waals surface area contributed by atoms with Gasteiger partial charge < -0.3 is 10.5 Å². The highest BCUT2D eigenvalue weighted by molar-refractivity contribution is 9.10. The summed E-state index contributed by atoms with van der Waals surface area (Å²) >= 11 is 3.48. The van der Waals surface area contributed by atoms with E-state index in [2.05, 4.69) is 41.7 Å². The van der Waals surface area contributed by atoms with Crippen molar-refractivity contribution in [2.75, 3.05) is 11.2 Å². The van der Waals surface area contributed by atoms with Crippen molar-refractivity contribution < 1.29 is 13.9 Å². The molecule has 0 atom stereocenters. The minimum Gasteiger partial charge on any atom is -0.435 e. The molecule has 30 heavy (non-hydrogen) atoms. The van der Waals surface area contributed by atoms with Crippen LogP contribution in [0.2, 0.25) is 0 Å². The van der Waals surface area contributed by atoms with E-state index in [1.54, 1.807) is 12.3 Å². The van der Waals surface area contributed by atoms with Crippen LogP contribution in [0, 0.1) is 5.82 Å². The summed E-state index contributed by atoms with van der Waals surface area (Å²) in [6.07, 6.45) is 2.90. The summed E-state index contributed by atoms with van der Waals surface area (Å²) in [5.41, 5.74) is 12.2. The number of aromatic nitrogens is 3. The summed E-state index contributed by atoms with van der Waals surface area (Å²) in [4.78, 5) is 24.6. The second-order valence-electron chi connectivity index (χ2n) is 6.07. The first-order chi connectivity index (χ1) is 14.5. The lowest BCUT2D eigenvalue weighted by atomic mass is 10.2. The lowest BCUT2D eigenvalue weighted by Gasteiger charge is -2.13. The number of hydrogen-bond acceptors (Lipinski definition) is 7. The van der Waals surface area contributed by atoms with Gasteiger partial charge in [0.1, 0.15) is 23.3 Å². The summed E-state index contributed by atoms with van der Waals surface area (Å²) < 4.78 is 19.7. The van der Waals surface area contributed by atoms with Gasteiger partial charge in [-0.2, -0.15) is 4.98 Å². The number of pyridine rings is 1. The molecule has 8 nitrogen and oxygen atoms in total. The van der Waals surface area contributed by atoms with Crippen LogP contribution in [0.1, 0.15) is 10.4 Å². The molecule has 0 spiro atoms. The number of nitrogen functional groups attached to an aromatic ring is 1. The van der Waals surface area contributed by atoms with E-state index in [0.29, 0.717) is 11.3 Å². The molecule has 150 valence electrons. The van der Waals surface area contributed by atoms with Crippen molar-refractivity contribution in [1.82, 2.24) is 20.4 Å². The summed E-state index contributed by atoms with van der Waals surface area (Å²) in [6.45, 7) is 0. The van der Waals surface area contributed by atoms with Crippen molar-refractivity contribution >= 4 is 44.2 Å². The number of halogens is 2. The smallest absolute Gasteiger partial charge is 0.269 e. The number of nitrogens with one attached hydrogen (secondary N) is 2. The molecule has 0 aliphatic carbocycles.